The number of nitrogens with zero attached hydrogens (tertiary/aromatic N) is 1. The van der Waals surface area contributed by atoms with Crippen LogP contribution in [0.3, 0.4) is 0 Å². The first-order valence-electron chi connectivity index (χ1n) is 7.17. The van der Waals surface area contributed by atoms with Gasteiger partial charge in [-0.3, -0.25) is 4.79 Å². The lowest BCUT2D eigenvalue weighted by molar-refractivity contribution is 0.0703. The average Bonchev–Trinajstić information content (AvgIpc) is 2.46. The number of amides is 1. The van der Waals surface area contributed by atoms with E-state index in [0.717, 1.165) is 31.5 Å². The zero-order valence-corrected chi connectivity index (χ0v) is 12.1. The topological polar surface area (TPSA) is 32.3 Å². The van der Waals surface area contributed by atoms with Crippen molar-refractivity contribution in [3.05, 3.63) is 35.4 Å². The van der Waals surface area contributed by atoms with Crippen molar-refractivity contribution in [2.75, 3.05) is 20.1 Å². The fourth-order valence-electron chi connectivity index (χ4n) is 2.57. The van der Waals surface area contributed by atoms with E-state index in [4.69, 9.17) is 0 Å². The normalized spacial score (nSPS) is 16.6. The molecule has 1 amide bonds. The Labute approximate surface area is 116 Å². The van der Waals surface area contributed by atoms with Crippen LogP contribution in [0.1, 0.15) is 48.5 Å². The number of benzene rings is 1. The third-order valence-electron chi connectivity index (χ3n) is 4.00. The van der Waals surface area contributed by atoms with Gasteiger partial charge in [0.05, 0.1) is 0 Å². The van der Waals surface area contributed by atoms with Gasteiger partial charge in [0, 0.05) is 18.7 Å². The van der Waals surface area contributed by atoms with Crippen LogP contribution in [-0.2, 0) is 0 Å². The number of hydrogen-bond acceptors (Lipinski definition) is 2. The molecule has 0 radical (unpaired) electrons. The zero-order valence-electron chi connectivity index (χ0n) is 12.1. The highest BCUT2D eigenvalue weighted by Gasteiger charge is 2.22. The predicted octanol–water partition coefficient (Wildman–Crippen LogP) is 2.63. The molecule has 1 aromatic rings. The number of carbonyl (C=O) groups is 1. The second kappa shape index (κ2) is 6.20. The Kier molecular flexibility index (Phi) is 4.59. The number of piperidine rings is 1. The van der Waals surface area contributed by atoms with Gasteiger partial charge in [-0.15, -0.1) is 0 Å². The second-order valence-corrected chi connectivity index (χ2v) is 5.67. The molecule has 1 fully saturated rings. The molecule has 0 unspecified atom stereocenters. The van der Waals surface area contributed by atoms with Crippen molar-refractivity contribution in [2.45, 2.75) is 38.6 Å². The molecular weight excluding hydrogens is 236 g/mol. The number of nitrogens with one attached hydrogen (secondary N) is 1. The first kappa shape index (κ1) is 14.1. The number of hydrogen-bond donors (Lipinski definition) is 1. The lowest BCUT2D eigenvalue weighted by Gasteiger charge is -2.31. The number of carbonyl (C=O) groups excluding carboxylic acids is 1. The maximum Gasteiger partial charge on any atom is 0.253 e. The van der Waals surface area contributed by atoms with E-state index in [1.54, 1.807) is 0 Å². The Bertz CT molecular complexity index is 419. The van der Waals surface area contributed by atoms with Gasteiger partial charge in [-0.25, -0.2) is 0 Å². The van der Waals surface area contributed by atoms with E-state index in [1.807, 2.05) is 24.1 Å². The summed E-state index contributed by atoms with van der Waals surface area (Å²) in [4.78, 5) is 14.3. The Morgan fingerprint density at radius 2 is 1.79 bits per heavy atom. The van der Waals surface area contributed by atoms with Gasteiger partial charge in [0.15, 0.2) is 0 Å². The van der Waals surface area contributed by atoms with Crippen molar-refractivity contribution in [2.24, 2.45) is 0 Å². The molecule has 1 N–H and O–H groups in total. The van der Waals surface area contributed by atoms with E-state index < -0.39 is 0 Å². The molecule has 1 saturated heterocycles. The summed E-state index contributed by atoms with van der Waals surface area (Å²) in [6.07, 6.45) is 2.10. The van der Waals surface area contributed by atoms with Crippen LogP contribution < -0.4 is 5.32 Å². The molecule has 2 rings (SSSR count). The van der Waals surface area contributed by atoms with Gasteiger partial charge in [-0.1, -0.05) is 26.0 Å². The second-order valence-electron chi connectivity index (χ2n) is 5.67. The van der Waals surface area contributed by atoms with Gasteiger partial charge >= 0.3 is 0 Å². The number of rotatable bonds is 3. The molecule has 1 aromatic carbocycles. The minimum absolute atomic E-state index is 0.141. The molecule has 0 saturated carbocycles. The minimum atomic E-state index is 0.141. The van der Waals surface area contributed by atoms with Crippen molar-refractivity contribution < 1.29 is 4.79 Å². The molecule has 0 spiro atoms. The summed E-state index contributed by atoms with van der Waals surface area (Å²) in [6, 6.07) is 8.41. The van der Waals surface area contributed by atoms with Gasteiger partial charge in [0.1, 0.15) is 0 Å². The lowest BCUT2D eigenvalue weighted by Crippen LogP contribution is -2.43. The van der Waals surface area contributed by atoms with Crippen molar-refractivity contribution in [1.82, 2.24) is 10.2 Å². The molecular formula is C16H24N2O. The fraction of sp³-hybridized carbons (Fsp3) is 0.562. The maximum absolute atomic E-state index is 12.4. The lowest BCUT2D eigenvalue weighted by atomic mass is 10.0. The molecule has 0 atom stereocenters. The van der Waals surface area contributed by atoms with Crippen LogP contribution in [0.5, 0.6) is 0 Å². The highest BCUT2D eigenvalue weighted by Crippen LogP contribution is 2.17. The molecule has 1 aliphatic heterocycles. The summed E-state index contributed by atoms with van der Waals surface area (Å²) >= 11 is 0. The van der Waals surface area contributed by atoms with Gasteiger partial charge in [-0.05, 0) is 49.5 Å². The van der Waals surface area contributed by atoms with Crippen LogP contribution >= 0.6 is 0 Å². The Morgan fingerprint density at radius 3 is 2.32 bits per heavy atom. The maximum atomic E-state index is 12.4. The van der Waals surface area contributed by atoms with E-state index in [-0.39, 0.29) is 5.91 Å². The van der Waals surface area contributed by atoms with Crippen LogP contribution in [0.2, 0.25) is 0 Å². The van der Waals surface area contributed by atoms with E-state index in [0.29, 0.717) is 12.0 Å². The third kappa shape index (κ3) is 3.35. The molecule has 3 nitrogen and oxygen atoms in total. The van der Waals surface area contributed by atoms with Crippen LogP contribution in [-0.4, -0.2) is 37.0 Å². The first-order chi connectivity index (χ1) is 9.09. The summed E-state index contributed by atoms with van der Waals surface area (Å²) in [6.45, 7) is 6.35. The summed E-state index contributed by atoms with van der Waals surface area (Å²) in [5, 5.41) is 3.33. The van der Waals surface area contributed by atoms with Gasteiger partial charge in [0.2, 0.25) is 0 Å². The molecule has 1 aliphatic rings. The van der Waals surface area contributed by atoms with Crippen LogP contribution in [0, 0.1) is 0 Å². The Balaban J connectivity index is 2.05. The van der Waals surface area contributed by atoms with E-state index >= 15 is 0 Å². The van der Waals surface area contributed by atoms with E-state index in [9.17, 15) is 4.79 Å². The smallest absolute Gasteiger partial charge is 0.253 e. The highest BCUT2D eigenvalue weighted by molar-refractivity contribution is 5.94. The quantitative estimate of drug-likeness (QED) is 0.906. The standard InChI is InChI=1S/C16H24N2O/c1-12(2)13-4-6-14(7-5-13)16(19)18(3)15-8-10-17-11-9-15/h4-7,12,15,17H,8-11H2,1-3H3. The summed E-state index contributed by atoms with van der Waals surface area (Å²) in [5.74, 6) is 0.647. The summed E-state index contributed by atoms with van der Waals surface area (Å²) < 4.78 is 0. The van der Waals surface area contributed by atoms with Gasteiger partial charge in [-0.2, -0.15) is 0 Å². The monoisotopic (exact) mass is 260 g/mol. The molecule has 19 heavy (non-hydrogen) atoms. The average molecular weight is 260 g/mol. The SMILES string of the molecule is CC(C)c1ccc(C(=O)N(C)C2CCNCC2)cc1. The third-order valence-corrected chi connectivity index (χ3v) is 4.00. The van der Waals surface area contributed by atoms with Crippen LogP contribution in [0.15, 0.2) is 24.3 Å². The Hall–Kier alpha value is -1.35. The van der Waals surface area contributed by atoms with Crippen molar-refractivity contribution in [3.8, 4) is 0 Å². The van der Waals surface area contributed by atoms with Crippen LogP contribution in [0.25, 0.3) is 0 Å². The molecule has 1 heterocycles. The van der Waals surface area contributed by atoms with Crippen molar-refractivity contribution in [1.29, 1.82) is 0 Å². The van der Waals surface area contributed by atoms with Crippen molar-refractivity contribution in [3.63, 3.8) is 0 Å². The Morgan fingerprint density at radius 1 is 1.21 bits per heavy atom. The van der Waals surface area contributed by atoms with E-state index in [2.05, 4.69) is 31.3 Å². The minimum Gasteiger partial charge on any atom is -0.339 e. The zero-order chi connectivity index (χ0) is 13.8. The van der Waals surface area contributed by atoms with Crippen molar-refractivity contribution >= 4 is 5.91 Å². The van der Waals surface area contributed by atoms with Gasteiger partial charge in [0.25, 0.3) is 5.91 Å². The summed E-state index contributed by atoms with van der Waals surface area (Å²) in [7, 11) is 1.93. The first-order valence-corrected chi connectivity index (χ1v) is 7.17. The fourth-order valence-corrected chi connectivity index (χ4v) is 2.57. The molecule has 104 valence electrons. The molecule has 3 heteroatoms. The predicted molar refractivity (Wildman–Crippen MR) is 78.5 cm³/mol. The largest absolute Gasteiger partial charge is 0.339 e. The molecule has 0 aromatic heterocycles. The molecule has 0 aliphatic carbocycles. The molecule has 0 bridgehead atoms. The van der Waals surface area contributed by atoms with Gasteiger partial charge < -0.3 is 10.2 Å². The highest BCUT2D eigenvalue weighted by atomic mass is 16.2. The van der Waals surface area contributed by atoms with E-state index in [1.165, 1.54) is 5.56 Å². The summed E-state index contributed by atoms with van der Waals surface area (Å²) in [5.41, 5.74) is 2.08. The van der Waals surface area contributed by atoms with Crippen LogP contribution in [0.4, 0.5) is 0 Å².